The van der Waals surface area contributed by atoms with Gasteiger partial charge in [0, 0.05) is 6.42 Å². The fraction of sp³-hybridized carbons (Fsp3) is 0.556. The summed E-state index contributed by atoms with van der Waals surface area (Å²) in [6.45, 7) is 5.86. The van der Waals surface area contributed by atoms with Crippen LogP contribution in [0.15, 0.2) is 30.3 Å². The number of rotatable bonds is 8. The zero-order chi connectivity index (χ0) is 20.0. The molecule has 8 heteroatoms. The molecular weight excluding hydrogens is 342 g/mol. The first kappa shape index (κ1) is 23.8. The summed E-state index contributed by atoms with van der Waals surface area (Å²) >= 11 is 0. The van der Waals surface area contributed by atoms with Gasteiger partial charge in [-0.1, -0.05) is 30.3 Å². The monoisotopic (exact) mass is 371 g/mol. The molecular formula is C18H29NO7. The van der Waals surface area contributed by atoms with Crippen LogP contribution in [0.1, 0.15) is 26.3 Å². The fourth-order valence-corrected chi connectivity index (χ4v) is 1.73. The third-order valence-corrected chi connectivity index (χ3v) is 2.74. The van der Waals surface area contributed by atoms with Crippen molar-refractivity contribution in [1.82, 2.24) is 5.32 Å². The number of carboxylic acid groups (broad SMARTS) is 1. The zero-order valence-electron chi connectivity index (χ0n) is 15.5. The van der Waals surface area contributed by atoms with E-state index < -0.39 is 23.7 Å². The van der Waals surface area contributed by atoms with Gasteiger partial charge in [-0.15, -0.1) is 0 Å². The summed E-state index contributed by atoms with van der Waals surface area (Å²) in [7, 11) is 0. The van der Waals surface area contributed by atoms with E-state index in [4.69, 9.17) is 20.1 Å². The Morgan fingerprint density at radius 2 is 1.62 bits per heavy atom. The first-order valence-corrected chi connectivity index (χ1v) is 8.25. The molecule has 26 heavy (non-hydrogen) atoms. The maximum absolute atomic E-state index is 11.6. The number of amides is 1. The largest absolute Gasteiger partial charge is 0.480 e. The molecule has 0 aliphatic carbocycles. The van der Waals surface area contributed by atoms with E-state index in [9.17, 15) is 9.59 Å². The highest BCUT2D eigenvalue weighted by atomic mass is 16.6. The number of alkyl carbamates (subject to hydrolysis) is 1. The van der Waals surface area contributed by atoms with Gasteiger partial charge in [0.1, 0.15) is 11.6 Å². The maximum Gasteiger partial charge on any atom is 0.408 e. The van der Waals surface area contributed by atoms with E-state index in [-0.39, 0.29) is 19.6 Å². The number of nitrogens with one attached hydrogen (secondary N) is 1. The molecule has 0 unspecified atom stereocenters. The molecule has 1 atom stereocenters. The highest BCUT2D eigenvalue weighted by Crippen LogP contribution is 2.08. The van der Waals surface area contributed by atoms with Crippen LogP contribution in [-0.2, 0) is 20.7 Å². The Kier molecular flexibility index (Phi) is 12.0. The third-order valence-electron chi connectivity index (χ3n) is 2.74. The first-order valence-electron chi connectivity index (χ1n) is 8.25. The molecule has 0 aromatic heterocycles. The van der Waals surface area contributed by atoms with Crippen LogP contribution in [0.5, 0.6) is 0 Å². The fourth-order valence-electron chi connectivity index (χ4n) is 1.73. The SMILES string of the molecule is CC(C)(C)OC(=O)N[C@@H](Cc1ccccc1)C(=O)O.OCCOCCO. The van der Waals surface area contributed by atoms with E-state index in [0.717, 1.165) is 5.56 Å². The number of carbonyl (C=O) groups is 2. The number of aliphatic hydroxyl groups is 2. The molecule has 0 radical (unpaired) electrons. The number of aliphatic carboxylic acids is 1. The van der Waals surface area contributed by atoms with Gasteiger partial charge in [0.15, 0.2) is 0 Å². The van der Waals surface area contributed by atoms with Crippen LogP contribution in [0.4, 0.5) is 4.79 Å². The second-order valence-electron chi connectivity index (χ2n) is 6.29. The Labute approximate surface area is 153 Å². The van der Waals surface area contributed by atoms with Crippen molar-refractivity contribution in [3.63, 3.8) is 0 Å². The molecule has 4 N–H and O–H groups in total. The second kappa shape index (κ2) is 13.1. The number of ether oxygens (including phenoxy) is 2. The van der Waals surface area contributed by atoms with Crippen molar-refractivity contribution in [3.05, 3.63) is 35.9 Å². The number of carboxylic acids is 1. The lowest BCUT2D eigenvalue weighted by Crippen LogP contribution is -2.44. The second-order valence-corrected chi connectivity index (χ2v) is 6.29. The summed E-state index contributed by atoms with van der Waals surface area (Å²) in [5.41, 5.74) is 0.186. The summed E-state index contributed by atoms with van der Waals surface area (Å²) in [6, 6.07) is 8.11. The van der Waals surface area contributed by atoms with Crippen LogP contribution in [0.25, 0.3) is 0 Å². The van der Waals surface area contributed by atoms with Gasteiger partial charge in [-0.2, -0.15) is 0 Å². The number of aliphatic hydroxyl groups excluding tert-OH is 2. The Morgan fingerprint density at radius 3 is 2.04 bits per heavy atom. The summed E-state index contributed by atoms with van der Waals surface area (Å²) in [5, 5.41) is 27.6. The van der Waals surface area contributed by atoms with Crippen LogP contribution >= 0.6 is 0 Å². The van der Waals surface area contributed by atoms with E-state index in [1.165, 1.54) is 0 Å². The topological polar surface area (TPSA) is 125 Å². The minimum atomic E-state index is -1.09. The van der Waals surface area contributed by atoms with Crippen LogP contribution in [0, 0.1) is 0 Å². The zero-order valence-corrected chi connectivity index (χ0v) is 15.5. The summed E-state index contributed by atoms with van der Waals surface area (Å²) in [4.78, 5) is 22.7. The van der Waals surface area contributed by atoms with Crippen LogP contribution in [-0.4, -0.2) is 65.5 Å². The Bertz CT molecular complexity index is 510. The lowest BCUT2D eigenvalue weighted by molar-refractivity contribution is -0.139. The van der Waals surface area contributed by atoms with Crippen molar-refractivity contribution in [3.8, 4) is 0 Å². The number of benzene rings is 1. The molecule has 1 rings (SSSR count). The number of hydrogen-bond acceptors (Lipinski definition) is 6. The highest BCUT2D eigenvalue weighted by molar-refractivity contribution is 5.80. The molecule has 1 aromatic carbocycles. The molecule has 0 fully saturated rings. The lowest BCUT2D eigenvalue weighted by atomic mass is 10.1. The van der Waals surface area contributed by atoms with E-state index >= 15 is 0 Å². The summed E-state index contributed by atoms with van der Waals surface area (Å²) < 4.78 is 9.67. The molecule has 0 saturated heterocycles. The maximum atomic E-state index is 11.6. The van der Waals surface area contributed by atoms with Gasteiger partial charge >= 0.3 is 12.1 Å². The summed E-state index contributed by atoms with van der Waals surface area (Å²) in [5.74, 6) is -1.09. The Morgan fingerprint density at radius 1 is 1.08 bits per heavy atom. The normalized spacial score (nSPS) is 11.7. The van der Waals surface area contributed by atoms with E-state index in [1.54, 1.807) is 20.8 Å². The molecule has 1 amide bonds. The minimum Gasteiger partial charge on any atom is -0.480 e. The van der Waals surface area contributed by atoms with E-state index in [0.29, 0.717) is 13.2 Å². The van der Waals surface area contributed by atoms with Gasteiger partial charge in [0.05, 0.1) is 26.4 Å². The number of carbonyl (C=O) groups excluding carboxylic acids is 1. The van der Waals surface area contributed by atoms with Gasteiger partial charge in [0.2, 0.25) is 0 Å². The van der Waals surface area contributed by atoms with Crippen molar-refractivity contribution >= 4 is 12.1 Å². The minimum absolute atomic E-state index is 0.0278. The third kappa shape index (κ3) is 13.2. The van der Waals surface area contributed by atoms with E-state index in [2.05, 4.69) is 10.1 Å². The van der Waals surface area contributed by atoms with Crippen molar-refractivity contribution < 1.29 is 34.4 Å². The van der Waals surface area contributed by atoms with Gasteiger partial charge in [-0.3, -0.25) is 0 Å². The molecule has 0 aliphatic heterocycles. The predicted octanol–water partition coefficient (Wildman–Crippen LogP) is 1.19. The van der Waals surface area contributed by atoms with Crippen LogP contribution in [0.2, 0.25) is 0 Å². The molecule has 0 aliphatic rings. The lowest BCUT2D eigenvalue weighted by Gasteiger charge is -2.22. The molecule has 1 aromatic rings. The van der Waals surface area contributed by atoms with Gasteiger partial charge in [-0.05, 0) is 26.3 Å². The average molecular weight is 371 g/mol. The van der Waals surface area contributed by atoms with Crippen LogP contribution in [0.3, 0.4) is 0 Å². The quantitative estimate of drug-likeness (QED) is 0.506. The molecule has 8 nitrogen and oxygen atoms in total. The molecule has 0 heterocycles. The standard InChI is InChI=1S/C14H19NO4.C4H10O3/c1-14(2,3)19-13(18)15-11(12(16)17)9-10-7-5-4-6-8-10;5-1-3-7-4-2-6/h4-8,11H,9H2,1-3H3,(H,15,18)(H,16,17);5-6H,1-4H2/t11-;/m0./s1. The molecule has 0 spiro atoms. The van der Waals surface area contributed by atoms with Crippen molar-refractivity contribution in [2.75, 3.05) is 26.4 Å². The van der Waals surface area contributed by atoms with Gasteiger partial charge < -0.3 is 30.1 Å². The highest BCUT2D eigenvalue weighted by Gasteiger charge is 2.24. The predicted molar refractivity (Wildman–Crippen MR) is 95.9 cm³/mol. The van der Waals surface area contributed by atoms with Gasteiger partial charge in [0.25, 0.3) is 0 Å². The molecule has 148 valence electrons. The Balaban J connectivity index is 0.000000758. The number of hydrogen-bond donors (Lipinski definition) is 4. The molecule has 0 saturated carbocycles. The van der Waals surface area contributed by atoms with Crippen molar-refractivity contribution in [2.24, 2.45) is 0 Å². The van der Waals surface area contributed by atoms with Crippen LogP contribution < -0.4 is 5.32 Å². The summed E-state index contributed by atoms with van der Waals surface area (Å²) in [6.07, 6.45) is -0.508. The van der Waals surface area contributed by atoms with Crippen molar-refractivity contribution in [1.29, 1.82) is 0 Å². The van der Waals surface area contributed by atoms with Crippen molar-refractivity contribution in [2.45, 2.75) is 38.8 Å². The smallest absolute Gasteiger partial charge is 0.408 e. The molecule has 0 bridgehead atoms. The average Bonchev–Trinajstić information content (AvgIpc) is 2.54. The Hall–Kier alpha value is -2.16. The van der Waals surface area contributed by atoms with Gasteiger partial charge in [-0.25, -0.2) is 9.59 Å². The first-order chi connectivity index (χ1) is 12.2. The van der Waals surface area contributed by atoms with E-state index in [1.807, 2.05) is 30.3 Å².